The summed E-state index contributed by atoms with van der Waals surface area (Å²) in [7, 11) is -2.69. The van der Waals surface area contributed by atoms with Gasteiger partial charge in [0.15, 0.2) is 0 Å². The van der Waals surface area contributed by atoms with Crippen molar-refractivity contribution in [1.82, 2.24) is 19.9 Å². The highest BCUT2D eigenvalue weighted by atomic mass is 35.5. The zero-order valence-electron chi connectivity index (χ0n) is 12.9. The molecule has 1 unspecified atom stereocenters. The fourth-order valence-electron chi connectivity index (χ4n) is 3.09. The summed E-state index contributed by atoms with van der Waals surface area (Å²) in [5, 5.41) is 7.26. The number of nitrogen functional groups attached to an aromatic ring is 1. The van der Waals surface area contributed by atoms with Gasteiger partial charge >= 0.3 is 0 Å². The Labute approximate surface area is 146 Å². The van der Waals surface area contributed by atoms with E-state index in [-0.39, 0.29) is 17.9 Å². The standard InChI is InChI=1S/C14H19ClN6O2S/c15-11-3-1-9(2-4-11)12(20-24(22)23)10-5-7-21(8-6-10)14-17-13(16)18-19-14/h1-4,10,12,24H,5-8H2,(H,20,22,23)(H3,16,17,18,19). The Morgan fingerprint density at radius 1 is 1.29 bits per heavy atom. The Kier molecular flexibility index (Phi) is 5.22. The van der Waals surface area contributed by atoms with Crippen LogP contribution in [0, 0.1) is 5.92 Å². The van der Waals surface area contributed by atoms with Gasteiger partial charge in [-0.1, -0.05) is 23.7 Å². The second-order valence-corrected chi connectivity index (χ2v) is 6.97. The predicted molar refractivity (Wildman–Crippen MR) is 93.4 cm³/mol. The van der Waals surface area contributed by atoms with Crippen molar-refractivity contribution in [3.8, 4) is 0 Å². The lowest BCUT2D eigenvalue weighted by Crippen LogP contribution is -2.39. The van der Waals surface area contributed by atoms with Crippen LogP contribution in [0.25, 0.3) is 0 Å². The van der Waals surface area contributed by atoms with Crippen molar-refractivity contribution >= 4 is 34.4 Å². The maximum Gasteiger partial charge on any atom is 0.241 e. The van der Waals surface area contributed by atoms with Crippen molar-refractivity contribution in [1.29, 1.82) is 0 Å². The first-order valence-electron chi connectivity index (χ1n) is 7.62. The molecule has 1 aromatic carbocycles. The molecule has 0 radical (unpaired) electrons. The first kappa shape index (κ1) is 17.0. The largest absolute Gasteiger partial charge is 0.366 e. The molecular weight excluding hydrogens is 352 g/mol. The third kappa shape index (κ3) is 3.97. The highest BCUT2D eigenvalue weighted by Crippen LogP contribution is 2.32. The van der Waals surface area contributed by atoms with Crippen molar-refractivity contribution in [2.24, 2.45) is 5.92 Å². The molecule has 8 nitrogen and oxygen atoms in total. The molecule has 0 bridgehead atoms. The average molecular weight is 371 g/mol. The predicted octanol–water partition coefficient (Wildman–Crippen LogP) is 1.11. The number of H-pyrrole nitrogens is 1. The van der Waals surface area contributed by atoms with Crippen LogP contribution in [0.2, 0.25) is 5.02 Å². The van der Waals surface area contributed by atoms with E-state index in [0.717, 1.165) is 31.5 Å². The molecule has 0 amide bonds. The highest BCUT2D eigenvalue weighted by molar-refractivity contribution is 7.70. The van der Waals surface area contributed by atoms with Gasteiger partial charge in [-0.2, -0.15) is 4.98 Å². The van der Waals surface area contributed by atoms with E-state index in [1.807, 2.05) is 12.1 Å². The minimum atomic E-state index is -2.69. The number of thiol groups is 1. The van der Waals surface area contributed by atoms with Gasteiger partial charge in [-0.3, -0.25) is 0 Å². The summed E-state index contributed by atoms with van der Waals surface area (Å²) in [5.41, 5.74) is 6.45. The van der Waals surface area contributed by atoms with E-state index in [2.05, 4.69) is 24.8 Å². The van der Waals surface area contributed by atoms with Crippen molar-refractivity contribution < 1.29 is 8.42 Å². The third-order valence-corrected chi connectivity index (χ3v) is 5.02. The van der Waals surface area contributed by atoms with Crippen molar-refractivity contribution in [2.75, 3.05) is 23.7 Å². The number of hydrogen-bond donors (Lipinski definition) is 4. The topological polar surface area (TPSA) is 117 Å². The molecule has 10 heteroatoms. The number of piperidine rings is 1. The number of aromatic amines is 1. The Morgan fingerprint density at radius 2 is 1.96 bits per heavy atom. The second kappa shape index (κ2) is 7.37. The van der Waals surface area contributed by atoms with E-state index in [9.17, 15) is 8.42 Å². The molecule has 1 fully saturated rings. The molecule has 130 valence electrons. The Hall–Kier alpha value is -1.84. The number of aromatic nitrogens is 3. The summed E-state index contributed by atoms with van der Waals surface area (Å²) in [5.74, 6) is 1.06. The molecule has 0 spiro atoms. The minimum absolute atomic E-state index is 0.190. The average Bonchev–Trinajstić information content (AvgIpc) is 3.00. The number of nitrogens with two attached hydrogens (primary N) is 1. The number of anilines is 2. The number of rotatable bonds is 5. The number of hydrogen-bond acceptors (Lipinski definition) is 6. The molecule has 1 aliphatic rings. The fourth-order valence-corrected chi connectivity index (χ4v) is 3.80. The monoisotopic (exact) mass is 370 g/mol. The summed E-state index contributed by atoms with van der Waals surface area (Å²) in [6, 6.07) is 7.02. The van der Waals surface area contributed by atoms with E-state index in [0.29, 0.717) is 11.0 Å². The van der Waals surface area contributed by atoms with Gasteiger partial charge in [0.2, 0.25) is 22.8 Å². The molecule has 2 heterocycles. The van der Waals surface area contributed by atoms with Gasteiger partial charge in [0.05, 0.1) is 0 Å². The molecule has 3 rings (SSSR count). The Balaban J connectivity index is 1.71. The molecule has 2 aromatic rings. The molecule has 4 N–H and O–H groups in total. The van der Waals surface area contributed by atoms with Crippen LogP contribution in [-0.2, 0) is 10.9 Å². The van der Waals surface area contributed by atoms with Crippen LogP contribution in [0.15, 0.2) is 24.3 Å². The lowest BCUT2D eigenvalue weighted by atomic mass is 9.86. The smallest absolute Gasteiger partial charge is 0.241 e. The minimum Gasteiger partial charge on any atom is -0.366 e. The molecule has 1 aliphatic heterocycles. The molecule has 1 saturated heterocycles. The number of benzene rings is 1. The highest BCUT2D eigenvalue weighted by Gasteiger charge is 2.29. The van der Waals surface area contributed by atoms with Crippen LogP contribution >= 0.6 is 11.6 Å². The van der Waals surface area contributed by atoms with Gasteiger partial charge < -0.3 is 10.6 Å². The quantitative estimate of drug-likeness (QED) is 0.586. The number of nitrogens with zero attached hydrogens (tertiary/aromatic N) is 3. The molecule has 1 aromatic heterocycles. The maximum absolute atomic E-state index is 11.2. The van der Waals surface area contributed by atoms with Crippen molar-refractivity contribution in [3.63, 3.8) is 0 Å². The van der Waals surface area contributed by atoms with Crippen molar-refractivity contribution in [3.05, 3.63) is 34.9 Å². The summed E-state index contributed by atoms with van der Waals surface area (Å²) < 4.78 is 25.1. The molecule has 0 saturated carbocycles. The van der Waals surface area contributed by atoms with Crippen molar-refractivity contribution in [2.45, 2.75) is 18.9 Å². The van der Waals surface area contributed by atoms with Crippen LogP contribution in [0.1, 0.15) is 24.4 Å². The summed E-state index contributed by atoms with van der Waals surface area (Å²) >= 11 is 5.92. The zero-order valence-corrected chi connectivity index (χ0v) is 14.5. The maximum atomic E-state index is 11.2. The molecule has 1 atom stereocenters. The first-order valence-corrected chi connectivity index (χ1v) is 9.17. The van der Waals surface area contributed by atoms with Crippen LogP contribution in [-0.4, -0.2) is 36.7 Å². The molecule has 24 heavy (non-hydrogen) atoms. The van der Waals surface area contributed by atoms with E-state index >= 15 is 0 Å². The lowest BCUT2D eigenvalue weighted by Gasteiger charge is -2.35. The van der Waals surface area contributed by atoms with Gasteiger partial charge in [0.25, 0.3) is 0 Å². The first-order chi connectivity index (χ1) is 11.5. The van der Waals surface area contributed by atoms with E-state index < -0.39 is 10.9 Å². The fraction of sp³-hybridized carbons (Fsp3) is 0.429. The Bertz CT molecular complexity index is 747. The van der Waals surface area contributed by atoms with Gasteiger partial charge in [0.1, 0.15) is 0 Å². The van der Waals surface area contributed by atoms with Gasteiger partial charge in [0, 0.05) is 24.2 Å². The zero-order chi connectivity index (χ0) is 17.1. The van der Waals surface area contributed by atoms with Gasteiger partial charge in [-0.15, -0.1) is 5.10 Å². The van der Waals surface area contributed by atoms with Crippen LogP contribution in [0.4, 0.5) is 11.9 Å². The van der Waals surface area contributed by atoms with Crippen LogP contribution < -0.4 is 15.4 Å². The van der Waals surface area contributed by atoms with E-state index in [4.69, 9.17) is 17.3 Å². The SMILES string of the molecule is Nc1n[nH]c(N2CCC(C(N[SH](=O)=O)c3ccc(Cl)cc3)CC2)n1. The molecule has 0 aliphatic carbocycles. The summed E-state index contributed by atoms with van der Waals surface area (Å²) in [4.78, 5) is 6.20. The number of halogens is 1. The van der Waals surface area contributed by atoms with Gasteiger partial charge in [-0.05, 0) is 36.5 Å². The summed E-state index contributed by atoms with van der Waals surface area (Å²) in [6.07, 6.45) is 1.65. The summed E-state index contributed by atoms with van der Waals surface area (Å²) in [6.45, 7) is 1.50. The Morgan fingerprint density at radius 3 is 2.50 bits per heavy atom. The van der Waals surface area contributed by atoms with Crippen LogP contribution in [0.5, 0.6) is 0 Å². The molecular formula is C14H19ClN6O2S. The van der Waals surface area contributed by atoms with E-state index in [1.165, 1.54) is 0 Å². The van der Waals surface area contributed by atoms with E-state index in [1.54, 1.807) is 12.1 Å². The third-order valence-electron chi connectivity index (χ3n) is 4.28. The van der Waals surface area contributed by atoms with Gasteiger partial charge in [-0.25, -0.2) is 18.2 Å². The number of nitrogens with one attached hydrogen (secondary N) is 2. The normalized spacial score (nSPS) is 17.3. The second-order valence-electron chi connectivity index (χ2n) is 5.76. The van der Waals surface area contributed by atoms with Crippen LogP contribution in [0.3, 0.4) is 0 Å². The lowest BCUT2D eigenvalue weighted by molar-refractivity contribution is 0.327.